The molecule has 1 rings (SSSR count). The van der Waals surface area contributed by atoms with E-state index in [9.17, 15) is 0 Å². The predicted octanol–water partition coefficient (Wildman–Crippen LogP) is 2.58. The number of hydrogen-bond acceptors (Lipinski definition) is 2. The largest absolute Gasteiger partial charge is 0.494 e. The third-order valence-electron chi connectivity index (χ3n) is 2.48. The minimum Gasteiger partial charge on any atom is -0.494 e. The van der Waals surface area contributed by atoms with Gasteiger partial charge >= 0.3 is 0 Å². The van der Waals surface area contributed by atoms with Gasteiger partial charge in [0.15, 0.2) is 0 Å². The standard InChI is InChI=1S/C13H19O2/c1-4-11-6-7-12(10(3)9-14)8-13(11)15-5-2/h6-8,14H,4-5,9H2,1-3H3. The van der Waals surface area contributed by atoms with Crippen molar-refractivity contribution in [3.05, 3.63) is 35.2 Å². The Labute approximate surface area is 91.9 Å². The Balaban J connectivity index is 2.98. The van der Waals surface area contributed by atoms with E-state index in [1.165, 1.54) is 5.56 Å². The van der Waals surface area contributed by atoms with E-state index in [1.54, 1.807) is 0 Å². The highest BCUT2D eigenvalue weighted by molar-refractivity contribution is 5.42. The summed E-state index contributed by atoms with van der Waals surface area (Å²) < 4.78 is 5.57. The Kier molecular flexibility index (Phi) is 4.63. The van der Waals surface area contributed by atoms with Crippen molar-refractivity contribution >= 4 is 0 Å². The van der Waals surface area contributed by atoms with E-state index in [-0.39, 0.29) is 6.61 Å². The molecule has 0 atom stereocenters. The quantitative estimate of drug-likeness (QED) is 0.804. The van der Waals surface area contributed by atoms with Gasteiger partial charge in [0.05, 0.1) is 13.2 Å². The van der Waals surface area contributed by atoms with Crippen molar-refractivity contribution in [2.24, 2.45) is 0 Å². The molecule has 83 valence electrons. The van der Waals surface area contributed by atoms with Crippen LogP contribution in [0.4, 0.5) is 0 Å². The average molecular weight is 207 g/mol. The summed E-state index contributed by atoms with van der Waals surface area (Å²) in [5.41, 5.74) is 2.27. The molecule has 1 aromatic carbocycles. The Bertz CT molecular complexity index is 307. The maximum Gasteiger partial charge on any atom is 0.122 e. The molecule has 1 aromatic rings. The Morgan fingerprint density at radius 1 is 1.33 bits per heavy atom. The lowest BCUT2D eigenvalue weighted by Gasteiger charge is -2.13. The molecular weight excluding hydrogens is 188 g/mol. The van der Waals surface area contributed by atoms with Gasteiger partial charge in [-0.1, -0.05) is 26.0 Å². The summed E-state index contributed by atoms with van der Waals surface area (Å²) >= 11 is 0. The fourth-order valence-electron chi connectivity index (χ4n) is 1.49. The van der Waals surface area contributed by atoms with Crippen LogP contribution < -0.4 is 4.74 Å². The monoisotopic (exact) mass is 207 g/mol. The molecule has 0 saturated heterocycles. The highest BCUT2D eigenvalue weighted by Gasteiger charge is 2.08. The van der Waals surface area contributed by atoms with E-state index in [0.717, 1.165) is 23.7 Å². The molecule has 0 spiro atoms. The minimum atomic E-state index is 0.0943. The maximum atomic E-state index is 9.06. The number of aliphatic hydroxyl groups excluding tert-OH is 1. The van der Waals surface area contributed by atoms with Crippen molar-refractivity contribution in [3.63, 3.8) is 0 Å². The van der Waals surface area contributed by atoms with Gasteiger partial charge < -0.3 is 9.84 Å². The summed E-state index contributed by atoms with van der Waals surface area (Å²) in [6, 6.07) is 6.11. The van der Waals surface area contributed by atoms with Crippen molar-refractivity contribution in [2.75, 3.05) is 13.2 Å². The number of ether oxygens (including phenoxy) is 1. The van der Waals surface area contributed by atoms with Crippen LogP contribution in [-0.2, 0) is 6.42 Å². The molecule has 0 bridgehead atoms. The van der Waals surface area contributed by atoms with Crippen LogP contribution >= 0.6 is 0 Å². The van der Waals surface area contributed by atoms with Gasteiger partial charge in [0.1, 0.15) is 5.75 Å². The molecule has 0 saturated carbocycles. The van der Waals surface area contributed by atoms with E-state index in [0.29, 0.717) is 6.61 Å². The van der Waals surface area contributed by atoms with Crippen molar-refractivity contribution < 1.29 is 9.84 Å². The molecule has 15 heavy (non-hydrogen) atoms. The van der Waals surface area contributed by atoms with Crippen molar-refractivity contribution in [3.8, 4) is 5.75 Å². The molecule has 1 N–H and O–H groups in total. The molecule has 1 radical (unpaired) electrons. The molecule has 0 aromatic heterocycles. The molecular formula is C13H19O2. The first-order valence-electron chi connectivity index (χ1n) is 5.42. The number of aliphatic hydroxyl groups is 1. The van der Waals surface area contributed by atoms with E-state index in [4.69, 9.17) is 9.84 Å². The van der Waals surface area contributed by atoms with Crippen LogP contribution in [0.1, 0.15) is 31.9 Å². The third kappa shape index (κ3) is 2.96. The Morgan fingerprint density at radius 2 is 2.07 bits per heavy atom. The fraction of sp³-hybridized carbons (Fsp3) is 0.462. The smallest absolute Gasteiger partial charge is 0.122 e. The van der Waals surface area contributed by atoms with E-state index in [1.807, 2.05) is 26.0 Å². The average Bonchev–Trinajstić information content (AvgIpc) is 2.28. The second kappa shape index (κ2) is 5.76. The first kappa shape index (κ1) is 12.1. The zero-order valence-electron chi connectivity index (χ0n) is 9.71. The first-order valence-corrected chi connectivity index (χ1v) is 5.42. The molecule has 0 aliphatic heterocycles. The summed E-state index contributed by atoms with van der Waals surface area (Å²) in [7, 11) is 0. The second-order valence-corrected chi connectivity index (χ2v) is 3.55. The fourth-order valence-corrected chi connectivity index (χ4v) is 1.49. The summed E-state index contributed by atoms with van der Waals surface area (Å²) in [6.07, 6.45) is 0.966. The third-order valence-corrected chi connectivity index (χ3v) is 2.48. The zero-order valence-corrected chi connectivity index (χ0v) is 9.71. The minimum absolute atomic E-state index is 0.0943. The van der Waals surface area contributed by atoms with Crippen LogP contribution in [0.2, 0.25) is 0 Å². The lowest BCUT2D eigenvalue weighted by molar-refractivity contribution is 0.314. The van der Waals surface area contributed by atoms with Crippen LogP contribution in [0.3, 0.4) is 0 Å². The molecule has 0 aliphatic rings. The molecule has 0 heterocycles. The second-order valence-electron chi connectivity index (χ2n) is 3.55. The zero-order chi connectivity index (χ0) is 11.3. The van der Waals surface area contributed by atoms with Crippen LogP contribution in [0.25, 0.3) is 0 Å². The molecule has 2 nitrogen and oxygen atoms in total. The number of hydrogen-bond donors (Lipinski definition) is 1. The Hall–Kier alpha value is -1.02. The summed E-state index contributed by atoms with van der Waals surface area (Å²) in [5, 5.41) is 9.06. The molecule has 0 fully saturated rings. The lowest BCUT2D eigenvalue weighted by atomic mass is 9.99. The summed E-state index contributed by atoms with van der Waals surface area (Å²) in [6.45, 7) is 6.79. The van der Waals surface area contributed by atoms with Gasteiger partial charge in [0.2, 0.25) is 0 Å². The predicted molar refractivity (Wildman–Crippen MR) is 62.1 cm³/mol. The van der Waals surface area contributed by atoms with Crippen LogP contribution in [-0.4, -0.2) is 18.3 Å². The van der Waals surface area contributed by atoms with Gasteiger partial charge in [-0.05, 0) is 30.5 Å². The normalized spacial score (nSPS) is 10.7. The van der Waals surface area contributed by atoms with Crippen molar-refractivity contribution in [1.82, 2.24) is 0 Å². The highest BCUT2D eigenvalue weighted by Crippen LogP contribution is 2.24. The topological polar surface area (TPSA) is 29.5 Å². The number of rotatable bonds is 5. The van der Waals surface area contributed by atoms with Gasteiger partial charge in [-0.25, -0.2) is 0 Å². The SMILES string of the molecule is CCOc1cc([C](C)CO)ccc1CC. The van der Waals surface area contributed by atoms with Gasteiger partial charge in [0, 0.05) is 5.92 Å². The van der Waals surface area contributed by atoms with E-state index >= 15 is 0 Å². The summed E-state index contributed by atoms with van der Waals surface area (Å²) in [4.78, 5) is 0. The van der Waals surface area contributed by atoms with Gasteiger partial charge in [0.25, 0.3) is 0 Å². The van der Waals surface area contributed by atoms with Gasteiger partial charge in [-0.2, -0.15) is 0 Å². The van der Waals surface area contributed by atoms with Crippen LogP contribution in [0, 0.1) is 5.92 Å². The maximum absolute atomic E-state index is 9.06. The molecule has 0 amide bonds. The number of benzene rings is 1. The van der Waals surface area contributed by atoms with E-state index in [2.05, 4.69) is 13.0 Å². The van der Waals surface area contributed by atoms with Gasteiger partial charge in [-0.15, -0.1) is 0 Å². The molecule has 2 heteroatoms. The van der Waals surface area contributed by atoms with E-state index < -0.39 is 0 Å². The Morgan fingerprint density at radius 3 is 2.60 bits per heavy atom. The van der Waals surface area contributed by atoms with Crippen molar-refractivity contribution in [1.29, 1.82) is 0 Å². The first-order chi connectivity index (χ1) is 7.22. The lowest BCUT2D eigenvalue weighted by Crippen LogP contribution is -2.02. The molecule has 0 aliphatic carbocycles. The van der Waals surface area contributed by atoms with Crippen molar-refractivity contribution in [2.45, 2.75) is 27.2 Å². The number of aryl methyl sites for hydroxylation is 1. The summed E-state index contributed by atoms with van der Waals surface area (Å²) in [5.74, 6) is 1.91. The molecule has 0 unspecified atom stereocenters. The highest BCUT2D eigenvalue weighted by atomic mass is 16.5. The van der Waals surface area contributed by atoms with Gasteiger partial charge in [-0.3, -0.25) is 0 Å². The van der Waals surface area contributed by atoms with Crippen LogP contribution in [0.5, 0.6) is 5.75 Å². The van der Waals surface area contributed by atoms with Crippen LogP contribution in [0.15, 0.2) is 18.2 Å².